The molecule has 0 atom stereocenters. The average Bonchev–Trinajstić information content (AvgIpc) is 3.42. The third kappa shape index (κ3) is 3.04. The van der Waals surface area contributed by atoms with Crippen LogP contribution in [0.3, 0.4) is 0 Å². The monoisotopic (exact) mass is 448 g/mol. The minimum absolute atomic E-state index is 1.17. The lowest BCUT2D eigenvalue weighted by Gasteiger charge is -2.14. The van der Waals surface area contributed by atoms with Crippen LogP contribution in [0.2, 0.25) is 0 Å². The molecule has 0 saturated heterocycles. The van der Waals surface area contributed by atoms with Crippen molar-refractivity contribution in [3.63, 3.8) is 0 Å². The van der Waals surface area contributed by atoms with Crippen molar-refractivity contribution in [1.82, 2.24) is 9.13 Å². The first kappa shape index (κ1) is 19.9. The van der Waals surface area contributed by atoms with Gasteiger partial charge in [-0.25, -0.2) is 0 Å². The lowest BCUT2D eigenvalue weighted by molar-refractivity contribution is 0.962. The van der Waals surface area contributed by atoms with Crippen LogP contribution in [0.4, 0.5) is 0 Å². The molecule has 0 fully saturated rings. The van der Waals surface area contributed by atoms with Crippen molar-refractivity contribution in [3.8, 4) is 27.9 Å². The summed E-state index contributed by atoms with van der Waals surface area (Å²) in [6, 6.07) is 45.8. The highest BCUT2D eigenvalue weighted by Crippen LogP contribution is 2.40. The molecule has 0 spiro atoms. The molecule has 2 aromatic heterocycles. The molecule has 0 N–H and O–H groups in total. The SMILES string of the molecule is Cn1c2ccccc2c2c3ccccc3n(-c3cc(-c4ccccc4)cc(-c4ccccc4)c3)c21. The molecule has 7 rings (SSSR count). The van der Waals surface area contributed by atoms with Gasteiger partial charge in [-0.1, -0.05) is 97.1 Å². The van der Waals surface area contributed by atoms with Gasteiger partial charge in [-0.2, -0.15) is 0 Å². The van der Waals surface area contributed by atoms with Crippen molar-refractivity contribution in [2.45, 2.75) is 0 Å². The van der Waals surface area contributed by atoms with E-state index in [2.05, 4.69) is 144 Å². The number of hydrogen-bond acceptors (Lipinski definition) is 0. The molecular weight excluding hydrogens is 424 g/mol. The highest BCUT2D eigenvalue weighted by molar-refractivity contribution is 6.21. The molecule has 0 saturated carbocycles. The van der Waals surface area contributed by atoms with E-state index in [1.54, 1.807) is 0 Å². The highest BCUT2D eigenvalue weighted by Gasteiger charge is 2.20. The normalized spacial score (nSPS) is 11.6. The smallest absolute Gasteiger partial charge is 0.126 e. The van der Waals surface area contributed by atoms with Crippen molar-refractivity contribution in [1.29, 1.82) is 0 Å². The lowest BCUT2D eigenvalue weighted by atomic mass is 9.98. The molecule has 0 aliphatic heterocycles. The van der Waals surface area contributed by atoms with E-state index in [0.717, 1.165) is 0 Å². The molecule has 2 nitrogen and oxygen atoms in total. The van der Waals surface area contributed by atoms with Crippen LogP contribution < -0.4 is 0 Å². The summed E-state index contributed by atoms with van der Waals surface area (Å²) in [5.74, 6) is 0. The number of aromatic nitrogens is 2. The van der Waals surface area contributed by atoms with E-state index in [0.29, 0.717) is 0 Å². The van der Waals surface area contributed by atoms with E-state index in [1.807, 2.05) is 0 Å². The Morgan fingerprint density at radius 2 is 0.943 bits per heavy atom. The van der Waals surface area contributed by atoms with Crippen LogP contribution in [0.5, 0.6) is 0 Å². The first-order valence-electron chi connectivity index (χ1n) is 12.0. The Labute approximate surface area is 204 Å². The van der Waals surface area contributed by atoms with E-state index >= 15 is 0 Å². The Morgan fingerprint density at radius 3 is 1.54 bits per heavy atom. The third-order valence-corrected chi connectivity index (χ3v) is 7.09. The maximum atomic E-state index is 2.43. The Hall–Kier alpha value is -4.56. The quantitative estimate of drug-likeness (QED) is 0.256. The molecule has 2 heteroatoms. The zero-order chi connectivity index (χ0) is 23.4. The lowest BCUT2D eigenvalue weighted by Crippen LogP contribution is -2.00. The fourth-order valence-corrected chi connectivity index (χ4v) is 5.50. The molecule has 0 radical (unpaired) electrons. The van der Waals surface area contributed by atoms with E-state index in [4.69, 9.17) is 0 Å². The van der Waals surface area contributed by atoms with E-state index in [9.17, 15) is 0 Å². The van der Waals surface area contributed by atoms with Gasteiger partial charge >= 0.3 is 0 Å². The number of fused-ring (bicyclic) bond motifs is 5. The van der Waals surface area contributed by atoms with Crippen LogP contribution >= 0.6 is 0 Å². The fraction of sp³-hybridized carbons (Fsp3) is 0.0303. The van der Waals surface area contributed by atoms with Gasteiger partial charge in [0, 0.05) is 28.9 Å². The van der Waals surface area contributed by atoms with Crippen LogP contribution in [0.15, 0.2) is 127 Å². The van der Waals surface area contributed by atoms with Crippen LogP contribution in [0.1, 0.15) is 0 Å². The van der Waals surface area contributed by atoms with Gasteiger partial charge in [0.05, 0.1) is 11.0 Å². The summed E-state index contributed by atoms with van der Waals surface area (Å²) in [5, 5.41) is 3.89. The van der Waals surface area contributed by atoms with Crippen molar-refractivity contribution >= 4 is 32.8 Å². The Morgan fingerprint density at radius 1 is 0.457 bits per heavy atom. The summed E-state index contributed by atoms with van der Waals surface area (Å²) in [4.78, 5) is 0. The second-order valence-electron chi connectivity index (χ2n) is 9.13. The summed E-state index contributed by atoms with van der Waals surface area (Å²) in [5.41, 5.74) is 9.73. The molecule has 5 aromatic carbocycles. The molecule has 7 aromatic rings. The minimum Gasteiger partial charge on any atom is -0.329 e. The van der Waals surface area contributed by atoms with Gasteiger partial charge in [0.15, 0.2) is 0 Å². The molecule has 0 aliphatic rings. The molecule has 35 heavy (non-hydrogen) atoms. The molecule has 0 amide bonds. The largest absolute Gasteiger partial charge is 0.329 e. The second-order valence-corrected chi connectivity index (χ2v) is 9.13. The number of nitrogens with zero attached hydrogens (tertiary/aromatic N) is 2. The van der Waals surface area contributed by atoms with Crippen molar-refractivity contribution in [2.75, 3.05) is 0 Å². The van der Waals surface area contributed by atoms with Gasteiger partial charge in [-0.05, 0) is 52.6 Å². The van der Waals surface area contributed by atoms with Crippen LogP contribution in [-0.2, 0) is 7.05 Å². The molecule has 166 valence electrons. The fourth-order valence-electron chi connectivity index (χ4n) is 5.50. The van der Waals surface area contributed by atoms with Gasteiger partial charge < -0.3 is 4.57 Å². The van der Waals surface area contributed by atoms with Gasteiger partial charge in [-0.3, -0.25) is 4.57 Å². The highest BCUT2D eigenvalue weighted by atomic mass is 15.1. The van der Waals surface area contributed by atoms with Gasteiger partial charge in [0.25, 0.3) is 0 Å². The average molecular weight is 449 g/mol. The van der Waals surface area contributed by atoms with Gasteiger partial charge in [0.2, 0.25) is 0 Å². The van der Waals surface area contributed by atoms with E-state index in [1.165, 1.54) is 60.8 Å². The van der Waals surface area contributed by atoms with Crippen LogP contribution in [-0.4, -0.2) is 9.13 Å². The van der Waals surface area contributed by atoms with E-state index in [-0.39, 0.29) is 0 Å². The van der Waals surface area contributed by atoms with Crippen LogP contribution in [0, 0.1) is 0 Å². The Bertz CT molecular complexity index is 1780. The standard InChI is InChI=1S/C33H24N2/c1-34-30-18-10-8-16-28(30)32-29-17-9-11-19-31(29)35(33(32)34)27-21-25(23-12-4-2-5-13-23)20-26(22-27)24-14-6-3-7-15-24/h2-22H,1H3. The summed E-state index contributed by atoms with van der Waals surface area (Å²) in [6.07, 6.45) is 0. The Kier molecular flexibility index (Phi) is 4.40. The van der Waals surface area contributed by atoms with E-state index < -0.39 is 0 Å². The summed E-state index contributed by atoms with van der Waals surface area (Å²) in [7, 11) is 2.18. The van der Waals surface area contributed by atoms with Gasteiger partial charge in [0.1, 0.15) is 5.65 Å². The molecule has 0 aliphatic carbocycles. The van der Waals surface area contributed by atoms with Crippen molar-refractivity contribution < 1.29 is 0 Å². The first-order valence-corrected chi connectivity index (χ1v) is 12.0. The summed E-state index contributed by atoms with van der Waals surface area (Å²) in [6.45, 7) is 0. The minimum atomic E-state index is 1.17. The predicted molar refractivity (Wildman–Crippen MR) is 148 cm³/mol. The number of benzene rings is 5. The summed E-state index contributed by atoms with van der Waals surface area (Å²) < 4.78 is 4.77. The predicted octanol–water partition coefficient (Wildman–Crippen LogP) is 8.61. The topological polar surface area (TPSA) is 9.86 Å². The number of aryl methyl sites for hydroxylation is 1. The maximum absolute atomic E-state index is 2.43. The summed E-state index contributed by atoms with van der Waals surface area (Å²) >= 11 is 0. The number of para-hydroxylation sites is 2. The first-order chi connectivity index (χ1) is 17.3. The van der Waals surface area contributed by atoms with Crippen LogP contribution in [0.25, 0.3) is 60.8 Å². The van der Waals surface area contributed by atoms with Gasteiger partial charge in [-0.15, -0.1) is 0 Å². The molecule has 2 heterocycles. The molecular formula is C33H24N2. The zero-order valence-electron chi connectivity index (χ0n) is 19.5. The van der Waals surface area contributed by atoms with Crippen molar-refractivity contribution in [2.24, 2.45) is 7.05 Å². The second kappa shape index (κ2) is 7.75. The zero-order valence-corrected chi connectivity index (χ0v) is 19.5. The molecule has 0 bridgehead atoms. The third-order valence-electron chi connectivity index (χ3n) is 7.09. The molecule has 0 unspecified atom stereocenters. The Balaban J connectivity index is 1.62. The van der Waals surface area contributed by atoms with Crippen molar-refractivity contribution in [3.05, 3.63) is 127 Å². The number of rotatable bonds is 3. The maximum Gasteiger partial charge on any atom is 0.126 e. The number of hydrogen-bond donors (Lipinski definition) is 0.